The Morgan fingerprint density at radius 1 is 1.08 bits per heavy atom. The van der Waals surface area contributed by atoms with E-state index in [9.17, 15) is 0 Å². The van der Waals surface area contributed by atoms with Gasteiger partial charge in [0.25, 0.3) is 0 Å². The second kappa shape index (κ2) is 10.4. The number of nitrogens with one attached hydrogen (secondary N) is 2. The minimum Gasteiger partial charge on any atom is -0.379 e. The number of piperazine rings is 3. The molecule has 1 atom stereocenters. The number of hydrogen-bond acceptors (Lipinski definition) is 5. The summed E-state index contributed by atoms with van der Waals surface area (Å²) in [5.74, 6) is 0.946. The van der Waals surface area contributed by atoms with Crippen molar-refractivity contribution in [3.63, 3.8) is 0 Å². The molecule has 152 valence electrons. The lowest BCUT2D eigenvalue weighted by atomic mass is 10.0. The summed E-state index contributed by atoms with van der Waals surface area (Å²) in [6.45, 7) is 19.1. The smallest absolute Gasteiger partial charge is 0.191 e. The van der Waals surface area contributed by atoms with Gasteiger partial charge in [0.15, 0.2) is 5.96 Å². The van der Waals surface area contributed by atoms with Gasteiger partial charge >= 0.3 is 0 Å². The Bertz CT molecular complexity index is 447. The lowest BCUT2D eigenvalue weighted by Gasteiger charge is -2.47. The summed E-state index contributed by atoms with van der Waals surface area (Å²) in [4.78, 5) is 12.6. The van der Waals surface area contributed by atoms with Crippen molar-refractivity contribution in [3.8, 4) is 0 Å². The maximum atomic E-state index is 5.48. The van der Waals surface area contributed by atoms with Gasteiger partial charge in [-0.1, -0.05) is 0 Å². The van der Waals surface area contributed by atoms with Crippen LogP contribution in [0.25, 0.3) is 0 Å². The molecule has 0 aliphatic carbocycles. The fourth-order valence-corrected chi connectivity index (χ4v) is 4.02. The van der Waals surface area contributed by atoms with Gasteiger partial charge in [-0.05, 0) is 20.8 Å². The molecule has 4 saturated heterocycles. The molecular weight excluding hydrogens is 443 g/mol. The van der Waals surface area contributed by atoms with Crippen LogP contribution in [0, 0.1) is 0 Å². The lowest BCUT2D eigenvalue weighted by Crippen LogP contribution is -2.63. The number of hydrogen-bond donors (Lipinski definition) is 2. The number of ether oxygens (including phenoxy) is 1. The van der Waals surface area contributed by atoms with Crippen LogP contribution in [-0.4, -0.2) is 111 Å². The van der Waals surface area contributed by atoms with Crippen molar-refractivity contribution in [1.82, 2.24) is 25.3 Å². The van der Waals surface area contributed by atoms with Crippen LogP contribution in [0.3, 0.4) is 0 Å². The van der Waals surface area contributed by atoms with E-state index in [4.69, 9.17) is 9.73 Å². The lowest BCUT2D eigenvalue weighted by molar-refractivity contribution is -0.00686. The molecule has 2 N–H and O–H groups in total. The summed E-state index contributed by atoms with van der Waals surface area (Å²) in [5.41, 5.74) is 0.0608. The highest BCUT2D eigenvalue weighted by Crippen LogP contribution is 2.17. The van der Waals surface area contributed by atoms with E-state index >= 15 is 0 Å². The van der Waals surface area contributed by atoms with Gasteiger partial charge in [0.2, 0.25) is 0 Å². The van der Waals surface area contributed by atoms with Gasteiger partial charge < -0.3 is 15.4 Å². The Balaban J connectivity index is 0.00000243. The second-order valence-electron chi connectivity index (χ2n) is 7.98. The molecule has 0 radical (unpaired) electrons. The van der Waals surface area contributed by atoms with Gasteiger partial charge in [0, 0.05) is 70.5 Å². The average Bonchev–Trinajstić information content (AvgIpc) is 2.66. The molecule has 0 amide bonds. The highest BCUT2D eigenvalue weighted by molar-refractivity contribution is 14.0. The van der Waals surface area contributed by atoms with Crippen molar-refractivity contribution in [3.05, 3.63) is 0 Å². The summed E-state index contributed by atoms with van der Waals surface area (Å²) >= 11 is 0. The molecule has 4 rings (SSSR count). The van der Waals surface area contributed by atoms with E-state index in [2.05, 4.69) is 46.1 Å². The molecule has 26 heavy (non-hydrogen) atoms. The number of guanidine groups is 1. The van der Waals surface area contributed by atoms with Crippen molar-refractivity contribution in [2.75, 3.05) is 78.7 Å². The molecular formula is C18H37IN6O. The predicted octanol–water partition coefficient (Wildman–Crippen LogP) is 0.270. The zero-order chi connectivity index (χ0) is 17.7. The molecule has 8 heteroatoms. The first kappa shape index (κ1) is 22.1. The molecule has 4 aliphatic rings. The zero-order valence-electron chi connectivity index (χ0n) is 16.7. The van der Waals surface area contributed by atoms with Crippen molar-refractivity contribution < 1.29 is 4.74 Å². The van der Waals surface area contributed by atoms with Crippen molar-refractivity contribution in [2.45, 2.75) is 32.4 Å². The number of halogens is 1. The molecule has 2 bridgehead atoms. The molecule has 4 heterocycles. The van der Waals surface area contributed by atoms with Gasteiger partial charge in [-0.25, -0.2) is 0 Å². The van der Waals surface area contributed by atoms with Crippen LogP contribution in [0.2, 0.25) is 0 Å². The summed E-state index contributed by atoms with van der Waals surface area (Å²) < 4.78 is 5.48. The van der Waals surface area contributed by atoms with Crippen molar-refractivity contribution in [1.29, 1.82) is 0 Å². The second-order valence-corrected chi connectivity index (χ2v) is 7.98. The van der Waals surface area contributed by atoms with Crippen LogP contribution < -0.4 is 10.6 Å². The van der Waals surface area contributed by atoms with Gasteiger partial charge in [0.05, 0.1) is 19.8 Å². The van der Waals surface area contributed by atoms with Crippen LogP contribution in [-0.2, 0) is 4.74 Å². The van der Waals surface area contributed by atoms with Crippen LogP contribution in [0.4, 0.5) is 0 Å². The fourth-order valence-electron chi connectivity index (χ4n) is 4.02. The highest BCUT2D eigenvalue weighted by Gasteiger charge is 2.32. The monoisotopic (exact) mass is 480 g/mol. The molecule has 4 fully saturated rings. The van der Waals surface area contributed by atoms with Gasteiger partial charge in [0.1, 0.15) is 0 Å². The number of rotatable bonds is 6. The largest absolute Gasteiger partial charge is 0.379 e. The van der Waals surface area contributed by atoms with Crippen LogP contribution >= 0.6 is 24.0 Å². The third-order valence-corrected chi connectivity index (χ3v) is 5.73. The third-order valence-electron chi connectivity index (χ3n) is 5.73. The number of aliphatic imine (C=N–C) groups is 1. The van der Waals surface area contributed by atoms with Gasteiger partial charge in [-0.15, -0.1) is 24.0 Å². The van der Waals surface area contributed by atoms with E-state index in [0.717, 1.165) is 51.9 Å². The van der Waals surface area contributed by atoms with E-state index < -0.39 is 0 Å². The zero-order valence-corrected chi connectivity index (χ0v) is 19.0. The van der Waals surface area contributed by atoms with E-state index in [1.807, 2.05) is 0 Å². The van der Waals surface area contributed by atoms with E-state index in [1.165, 1.54) is 32.7 Å². The van der Waals surface area contributed by atoms with Crippen LogP contribution in [0.15, 0.2) is 4.99 Å². The summed E-state index contributed by atoms with van der Waals surface area (Å²) in [5, 5.41) is 6.98. The molecule has 0 aromatic heterocycles. The standard InChI is InChI=1S/C18H36N6O.HI/c1-4-19-17(20-13-16-14-22-5-7-23(16)8-6-22)21-15-18(2,3)24-9-11-25-12-10-24;/h16H,4-15H2,1-3H3,(H2,19,20,21);1H. The maximum absolute atomic E-state index is 5.48. The third kappa shape index (κ3) is 5.92. The Kier molecular flexibility index (Phi) is 8.85. The Morgan fingerprint density at radius 3 is 2.35 bits per heavy atom. The number of nitrogens with zero attached hydrogens (tertiary/aromatic N) is 4. The first-order chi connectivity index (χ1) is 12.1. The Morgan fingerprint density at radius 2 is 1.77 bits per heavy atom. The predicted molar refractivity (Wildman–Crippen MR) is 118 cm³/mol. The summed E-state index contributed by atoms with van der Waals surface area (Å²) in [6, 6.07) is 0.610. The van der Waals surface area contributed by atoms with E-state index in [1.54, 1.807) is 0 Å². The Hall–Kier alpha value is -0.160. The molecule has 7 nitrogen and oxygen atoms in total. The SMILES string of the molecule is CCNC(=NCC(C)(C)N1CCOCC1)NCC1CN2CCN1CC2.I. The minimum atomic E-state index is 0. The molecule has 4 aliphatic heterocycles. The van der Waals surface area contributed by atoms with E-state index in [-0.39, 0.29) is 29.5 Å². The van der Waals surface area contributed by atoms with Crippen molar-refractivity contribution in [2.24, 2.45) is 4.99 Å². The first-order valence-electron chi connectivity index (χ1n) is 9.90. The molecule has 0 saturated carbocycles. The van der Waals surface area contributed by atoms with Gasteiger partial charge in [-0.3, -0.25) is 19.7 Å². The number of morpholine rings is 1. The molecule has 0 aromatic rings. The first-order valence-corrected chi connectivity index (χ1v) is 9.90. The number of fused-ring (bicyclic) bond motifs is 3. The summed E-state index contributed by atoms with van der Waals surface area (Å²) in [6.07, 6.45) is 0. The van der Waals surface area contributed by atoms with E-state index in [0.29, 0.717) is 6.04 Å². The fraction of sp³-hybridized carbons (Fsp3) is 0.944. The van der Waals surface area contributed by atoms with Crippen LogP contribution in [0.5, 0.6) is 0 Å². The molecule has 0 aromatic carbocycles. The summed E-state index contributed by atoms with van der Waals surface area (Å²) in [7, 11) is 0. The van der Waals surface area contributed by atoms with Gasteiger partial charge in [-0.2, -0.15) is 0 Å². The molecule has 0 spiro atoms. The van der Waals surface area contributed by atoms with Crippen LogP contribution in [0.1, 0.15) is 20.8 Å². The topological polar surface area (TPSA) is 55.4 Å². The quantitative estimate of drug-likeness (QED) is 0.324. The molecule has 1 unspecified atom stereocenters. The maximum Gasteiger partial charge on any atom is 0.191 e. The normalized spacial score (nSPS) is 30.0. The minimum absolute atomic E-state index is 0. The Labute approximate surface area is 175 Å². The average molecular weight is 480 g/mol. The highest BCUT2D eigenvalue weighted by atomic mass is 127. The van der Waals surface area contributed by atoms with Crippen molar-refractivity contribution >= 4 is 29.9 Å².